The van der Waals surface area contributed by atoms with E-state index in [0.29, 0.717) is 11.4 Å². The molecule has 0 saturated heterocycles. The van der Waals surface area contributed by atoms with E-state index in [1.807, 2.05) is 0 Å². The number of hydrazine groups is 1. The summed E-state index contributed by atoms with van der Waals surface area (Å²) in [5, 5.41) is 1.33. The molecule has 7 nitrogen and oxygen atoms in total. The molecular formula is C14H16N2O5S2. The van der Waals surface area contributed by atoms with E-state index in [1.54, 1.807) is 60.7 Å². The number of benzene rings is 2. The van der Waals surface area contributed by atoms with E-state index in [0.717, 1.165) is 4.41 Å². The van der Waals surface area contributed by atoms with Crippen molar-refractivity contribution in [1.29, 1.82) is 0 Å². The third-order valence-corrected chi connectivity index (χ3v) is 4.36. The van der Waals surface area contributed by atoms with Crippen molar-refractivity contribution in [3.63, 3.8) is 0 Å². The van der Waals surface area contributed by atoms with Gasteiger partial charge >= 0.3 is 0 Å². The summed E-state index contributed by atoms with van der Waals surface area (Å²) >= 11 is -2.43. The number of anilines is 2. The first-order valence-electron chi connectivity index (χ1n) is 6.62. The van der Waals surface area contributed by atoms with Gasteiger partial charge in [-0.3, -0.25) is 14.1 Å². The lowest BCUT2D eigenvalue weighted by Gasteiger charge is -2.34. The number of hydrogen-bond acceptors (Lipinski definition) is 4. The molecule has 0 spiro atoms. The number of nitrogens with zero attached hydrogens (tertiary/aromatic N) is 2. The monoisotopic (exact) mass is 356 g/mol. The van der Waals surface area contributed by atoms with E-state index < -0.39 is 27.1 Å². The molecule has 2 aromatic rings. The molecule has 0 fully saturated rings. The highest BCUT2D eigenvalue weighted by Gasteiger charge is 2.23. The molecule has 0 saturated carbocycles. The Morgan fingerprint density at radius 2 is 1.39 bits per heavy atom. The van der Waals surface area contributed by atoms with Crippen LogP contribution in [0.25, 0.3) is 0 Å². The Labute approximate surface area is 137 Å². The van der Waals surface area contributed by atoms with Crippen molar-refractivity contribution in [3.8, 4) is 0 Å². The van der Waals surface area contributed by atoms with E-state index in [9.17, 15) is 17.2 Å². The van der Waals surface area contributed by atoms with E-state index in [-0.39, 0.29) is 6.54 Å². The summed E-state index contributed by atoms with van der Waals surface area (Å²) in [6.07, 6.45) is 0. The standard InChI is InChI=1S/C14H16N2O5S2/c17-22(18)16(14-9-5-2-6-10-14)15(11-12-23(19,20)21)13-7-3-1-4-8-13/h1-10H,11-12H2,(H,17,18)(H,19,20,21). The van der Waals surface area contributed by atoms with Crippen molar-refractivity contribution >= 4 is 32.8 Å². The predicted molar refractivity (Wildman–Crippen MR) is 89.9 cm³/mol. The van der Waals surface area contributed by atoms with Gasteiger partial charge < -0.3 is 0 Å². The first-order chi connectivity index (χ1) is 10.9. The van der Waals surface area contributed by atoms with Crippen LogP contribution in [-0.4, -0.2) is 34.0 Å². The molecular weight excluding hydrogens is 340 g/mol. The van der Waals surface area contributed by atoms with Gasteiger partial charge in [0, 0.05) is 0 Å². The number of rotatable bonds is 7. The van der Waals surface area contributed by atoms with Gasteiger partial charge in [0.15, 0.2) is 0 Å². The van der Waals surface area contributed by atoms with Crippen LogP contribution in [-0.2, 0) is 21.4 Å². The third-order valence-electron chi connectivity index (χ3n) is 2.96. The normalized spacial score (nSPS) is 12.6. The minimum atomic E-state index is -4.22. The minimum Gasteiger partial charge on any atom is -0.288 e. The lowest BCUT2D eigenvalue weighted by Crippen LogP contribution is -2.46. The van der Waals surface area contributed by atoms with Gasteiger partial charge in [0.05, 0.1) is 23.7 Å². The van der Waals surface area contributed by atoms with Crippen LogP contribution in [0, 0.1) is 0 Å². The highest BCUT2D eigenvalue weighted by molar-refractivity contribution is 7.85. The van der Waals surface area contributed by atoms with Crippen molar-refractivity contribution in [2.75, 3.05) is 21.7 Å². The SMILES string of the molecule is O=S(O)N(c1ccccc1)N(CCS(=O)(=O)O)c1ccccc1. The first kappa shape index (κ1) is 17.4. The van der Waals surface area contributed by atoms with Gasteiger partial charge in [0.1, 0.15) is 0 Å². The molecule has 0 amide bonds. The summed E-state index contributed by atoms with van der Waals surface area (Å²) in [7, 11) is -4.22. The van der Waals surface area contributed by atoms with Crippen LogP contribution in [0.2, 0.25) is 0 Å². The fraction of sp³-hybridized carbons (Fsp3) is 0.143. The second-order valence-electron chi connectivity index (χ2n) is 4.58. The molecule has 9 heteroatoms. The summed E-state index contributed by atoms with van der Waals surface area (Å²) in [4.78, 5) is 0. The first-order valence-corrected chi connectivity index (χ1v) is 9.29. The van der Waals surface area contributed by atoms with Gasteiger partial charge in [-0.1, -0.05) is 36.4 Å². The summed E-state index contributed by atoms with van der Waals surface area (Å²) in [6, 6.07) is 17.0. The molecule has 0 bridgehead atoms. The van der Waals surface area contributed by atoms with Gasteiger partial charge in [-0.05, 0) is 24.3 Å². The second kappa shape index (κ2) is 7.55. The zero-order valence-electron chi connectivity index (χ0n) is 12.0. The van der Waals surface area contributed by atoms with E-state index in [2.05, 4.69) is 0 Å². The Kier molecular flexibility index (Phi) is 5.72. The third kappa shape index (κ3) is 5.03. The molecule has 0 aliphatic rings. The molecule has 0 radical (unpaired) electrons. The average Bonchev–Trinajstić information content (AvgIpc) is 2.51. The Balaban J connectivity index is 2.43. The van der Waals surface area contributed by atoms with E-state index >= 15 is 0 Å². The zero-order valence-corrected chi connectivity index (χ0v) is 13.7. The molecule has 0 aliphatic carbocycles. The highest BCUT2D eigenvalue weighted by Crippen LogP contribution is 2.23. The molecule has 1 atom stereocenters. The van der Waals surface area contributed by atoms with Crippen LogP contribution < -0.4 is 9.42 Å². The molecule has 0 aliphatic heterocycles. The molecule has 2 N–H and O–H groups in total. The van der Waals surface area contributed by atoms with Crippen LogP contribution in [0.4, 0.5) is 11.4 Å². The molecule has 23 heavy (non-hydrogen) atoms. The maximum Gasteiger partial charge on any atom is 0.281 e. The zero-order chi connectivity index (χ0) is 16.9. The second-order valence-corrected chi connectivity index (χ2v) is 6.96. The average molecular weight is 356 g/mol. The van der Waals surface area contributed by atoms with Gasteiger partial charge in [0.2, 0.25) is 0 Å². The highest BCUT2D eigenvalue weighted by atomic mass is 32.2. The molecule has 2 aromatic carbocycles. The van der Waals surface area contributed by atoms with Crippen LogP contribution in [0.1, 0.15) is 0 Å². The Morgan fingerprint density at radius 3 is 1.83 bits per heavy atom. The summed E-state index contributed by atoms with van der Waals surface area (Å²) in [5.41, 5.74) is 0.926. The van der Waals surface area contributed by atoms with Crippen LogP contribution >= 0.6 is 0 Å². The topological polar surface area (TPSA) is 98.2 Å². The quantitative estimate of drug-likeness (QED) is 0.447. The molecule has 1 unspecified atom stereocenters. The van der Waals surface area contributed by atoms with Gasteiger partial charge in [-0.15, -0.1) is 0 Å². The summed E-state index contributed by atoms with van der Waals surface area (Å²) < 4.78 is 53.7. The molecule has 124 valence electrons. The Morgan fingerprint density at radius 1 is 0.913 bits per heavy atom. The van der Waals surface area contributed by atoms with Crippen molar-refractivity contribution in [1.82, 2.24) is 0 Å². The molecule has 0 aromatic heterocycles. The molecule has 2 rings (SSSR count). The van der Waals surface area contributed by atoms with Crippen LogP contribution in [0.3, 0.4) is 0 Å². The fourth-order valence-electron chi connectivity index (χ4n) is 2.00. The minimum absolute atomic E-state index is 0.190. The Bertz CT molecular complexity index is 753. The van der Waals surface area contributed by atoms with Crippen LogP contribution in [0.15, 0.2) is 60.7 Å². The van der Waals surface area contributed by atoms with Gasteiger partial charge in [-0.2, -0.15) is 12.8 Å². The van der Waals surface area contributed by atoms with Crippen molar-refractivity contribution in [2.24, 2.45) is 0 Å². The maximum absolute atomic E-state index is 11.8. The summed E-state index contributed by atoms with van der Waals surface area (Å²) in [5.74, 6) is -0.581. The lowest BCUT2D eigenvalue weighted by molar-refractivity contribution is 0.482. The van der Waals surface area contributed by atoms with Gasteiger partial charge in [0.25, 0.3) is 21.4 Å². The lowest BCUT2D eigenvalue weighted by atomic mass is 10.3. The van der Waals surface area contributed by atoms with E-state index in [4.69, 9.17) is 4.55 Å². The van der Waals surface area contributed by atoms with E-state index in [1.165, 1.54) is 5.01 Å². The Hall–Kier alpha value is -1.94. The van der Waals surface area contributed by atoms with Crippen molar-refractivity contribution in [3.05, 3.63) is 60.7 Å². The van der Waals surface area contributed by atoms with Crippen molar-refractivity contribution in [2.45, 2.75) is 0 Å². The van der Waals surface area contributed by atoms with Crippen molar-refractivity contribution < 1.29 is 21.7 Å². The maximum atomic E-state index is 11.8. The largest absolute Gasteiger partial charge is 0.288 e. The fourth-order valence-corrected chi connectivity index (χ4v) is 3.05. The number of hydrogen-bond donors (Lipinski definition) is 2. The summed E-state index contributed by atoms with van der Waals surface area (Å²) in [6.45, 7) is -0.190. The van der Waals surface area contributed by atoms with Crippen LogP contribution in [0.5, 0.6) is 0 Å². The predicted octanol–water partition coefficient (Wildman–Crippen LogP) is 1.94. The molecule has 0 heterocycles. The smallest absolute Gasteiger partial charge is 0.281 e. The van der Waals surface area contributed by atoms with Gasteiger partial charge in [-0.25, -0.2) is 4.21 Å². The number of para-hydroxylation sites is 2.